The molecule has 4 heteroatoms. The van der Waals surface area contributed by atoms with E-state index in [4.69, 9.17) is 5.73 Å². The predicted molar refractivity (Wildman–Crippen MR) is 78.7 cm³/mol. The molecule has 3 rings (SSSR count). The number of rotatable bonds is 5. The fourth-order valence-electron chi connectivity index (χ4n) is 2.95. The lowest BCUT2D eigenvalue weighted by Gasteiger charge is -2.27. The highest BCUT2D eigenvalue weighted by atomic mass is 19.1. The van der Waals surface area contributed by atoms with Crippen LogP contribution < -0.4 is 5.73 Å². The Hall–Kier alpha value is -1.52. The zero-order valence-corrected chi connectivity index (χ0v) is 11.7. The maximum absolute atomic E-state index is 13.7. The molecular weight excluding hydrogens is 253 g/mol. The van der Waals surface area contributed by atoms with E-state index in [-0.39, 0.29) is 5.82 Å². The smallest absolute Gasteiger partial charge is 0.124 e. The molecule has 1 heterocycles. The minimum absolute atomic E-state index is 0.204. The number of likely N-dealkylation sites (N-methyl/N-ethyl adjacent to an activating group) is 1. The molecule has 1 atom stereocenters. The van der Waals surface area contributed by atoms with Crippen molar-refractivity contribution in [2.75, 3.05) is 13.6 Å². The van der Waals surface area contributed by atoms with E-state index in [0.29, 0.717) is 25.0 Å². The van der Waals surface area contributed by atoms with Crippen molar-refractivity contribution in [2.45, 2.75) is 25.4 Å². The van der Waals surface area contributed by atoms with Gasteiger partial charge < -0.3 is 5.73 Å². The standard InChI is InChI=1S/C16H20FN3/c1-20(15(9-18)11-4-5-11)10-13-8-14(17)7-12-3-2-6-19-16(12)13/h2-3,6-8,11,15H,4-5,9-10,18H2,1H3. The Morgan fingerprint density at radius 1 is 1.45 bits per heavy atom. The summed E-state index contributed by atoms with van der Waals surface area (Å²) in [6, 6.07) is 7.25. The molecule has 0 aliphatic heterocycles. The van der Waals surface area contributed by atoms with E-state index < -0.39 is 0 Å². The van der Waals surface area contributed by atoms with Gasteiger partial charge in [-0.3, -0.25) is 9.88 Å². The Balaban J connectivity index is 1.89. The van der Waals surface area contributed by atoms with E-state index in [1.807, 2.05) is 12.1 Å². The molecular formula is C16H20FN3. The fourth-order valence-corrected chi connectivity index (χ4v) is 2.95. The normalized spacial score (nSPS) is 16.8. The molecule has 1 aromatic carbocycles. The molecule has 1 unspecified atom stereocenters. The molecule has 1 aromatic heterocycles. The van der Waals surface area contributed by atoms with Gasteiger partial charge in [-0.25, -0.2) is 4.39 Å². The van der Waals surface area contributed by atoms with Crippen LogP contribution in [0.3, 0.4) is 0 Å². The summed E-state index contributed by atoms with van der Waals surface area (Å²) in [6.07, 6.45) is 4.27. The van der Waals surface area contributed by atoms with Gasteiger partial charge in [0.2, 0.25) is 0 Å². The van der Waals surface area contributed by atoms with E-state index in [0.717, 1.165) is 16.5 Å². The van der Waals surface area contributed by atoms with Crippen LogP contribution in [-0.2, 0) is 6.54 Å². The summed E-state index contributed by atoms with van der Waals surface area (Å²) in [7, 11) is 2.07. The first-order valence-corrected chi connectivity index (χ1v) is 7.12. The molecule has 0 saturated heterocycles. The second-order valence-electron chi connectivity index (χ2n) is 5.70. The highest BCUT2D eigenvalue weighted by Crippen LogP contribution is 2.35. The summed E-state index contributed by atoms with van der Waals surface area (Å²) >= 11 is 0. The monoisotopic (exact) mass is 273 g/mol. The third kappa shape index (κ3) is 2.67. The van der Waals surface area contributed by atoms with Crippen LogP contribution in [0.1, 0.15) is 18.4 Å². The first-order chi connectivity index (χ1) is 9.69. The number of aromatic nitrogens is 1. The number of benzene rings is 1. The second-order valence-corrected chi connectivity index (χ2v) is 5.70. The number of nitrogens with zero attached hydrogens (tertiary/aromatic N) is 2. The number of hydrogen-bond acceptors (Lipinski definition) is 3. The highest BCUT2D eigenvalue weighted by Gasteiger charge is 2.32. The average Bonchev–Trinajstić information content (AvgIpc) is 3.24. The summed E-state index contributed by atoms with van der Waals surface area (Å²) in [4.78, 5) is 6.63. The minimum atomic E-state index is -0.204. The Bertz CT molecular complexity index is 610. The molecule has 2 aromatic rings. The Morgan fingerprint density at radius 2 is 2.25 bits per heavy atom. The number of pyridine rings is 1. The van der Waals surface area contributed by atoms with Crippen LogP contribution in [0.25, 0.3) is 10.9 Å². The molecule has 0 amide bonds. The topological polar surface area (TPSA) is 42.2 Å². The van der Waals surface area contributed by atoms with Crippen LogP contribution in [0.2, 0.25) is 0 Å². The van der Waals surface area contributed by atoms with Gasteiger partial charge in [-0.15, -0.1) is 0 Å². The number of fused-ring (bicyclic) bond motifs is 1. The maximum atomic E-state index is 13.7. The van der Waals surface area contributed by atoms with Gasteiger partial charge in [-0.1, -0.05) is 6.07 Å². The van der Waals surface area contributed by atoms with E-state index in [1.165, 1.54) is 18.9 Å². The summed E-state index contributed by atoms with van der Waals surface area (Å²) in [6.45, 7) is 1.34. The number of halogens is 1. The lowest BCUT2D eigenvalue weighted by molar-refractivity contribution is 0.216. The number of hydrogen-bond donors (Lipinski definition) is 1. The summed E-state index contributed by atoms with van der Waals surface area (Å²) < 4.78 is 13.7. The third-order valence-corrected chi connectivity index (χ3v) is 4.14. The van der Waals surface area contributed by atoms with E-state index in [9.17, 15) is 4.39 Å². The molecule has 2 N–H and O–H groups in total. The quantitative estimate of drug-likeness (QED) is 0.910. The summed E-state index contributed by atoms with van der Waals surface area (Å²) in [5, 5.41) is 0.853. The minimum Gasteiger partial charge on any atom is -0.329 e. The van der Waals surface area contributed by atoms with Crippen molar-refractivity contribution >= 4 is 10.9 Å². The third-order valence-electron chi connectivity index (χ3n) is 4.14. The molecule has 1 aliphatic rings. The van der Waals surface area contributed by atoms with Crippen LogP contribution in [0.5, 0.6) is 0 Å². The lowest BCUT2D eigenvalue weighted by Crippen LogP contribution is -2.39. The van der Waals surface area contributed by atoms with Crippen molar-refractivity contribution in [1.82, 2.24) is 9.88 Å². The van der Waals surface area contributed by atoms with Gasteiger partial charge in [-0.05, 0) is 49.6 Å². The van der Waals surface area contributed by atoms with E-state index in [1.54, 1.807) is 12.3 Å². The SMILES string of the molecule is CN(Cc1cc(F)cc2cccnc12)C(CN)C1CC1. The predicted octanol–water partition coefficient (Wildman–Crippen LogP) is 2.54. The van der Waals surface area contributed by atoms with Gasteiger partial charge in [0.1, 0.15) is 5.82 Å². The van der Waals surface area contributed by atoms with E-state index >= 15 is 0 Å². The Labute approximate surface area is 118 Å². The fraction of sp³-hybridized carbons (Fsp3) is 0.438. The Kier molecular flexibility index (Phi) is 3.68. The van der Waals surface area contributed by atoms with Crippen LogP contribution in [0.15, 0.2) is 30.5 Å². The van der Waals surface area contributed by atoms with Gasteiger partial charge >= 0.3 is 0 Å². The van der Waals surface area contributed by atoms with Crippen LogP contribution in [0, 0.1) is 11.7 Å². The zero-order chi connectivity index (χ0) is 14.1. The largest absolute Gasteiger partial charge is 0.329 e. The molecule has 1 saturated carbocycles. The van der Waals surface area contributed by atoms with Gasteiger partial charge in [-0.2, -0.15) is 0 Å². The molecule has 0 radical (unpaired) electrons. The second kappa shape index (κ2) is 5.46. The molecule has 3 nitrogen and oxygen atoms in total. The molecule has 20 heavy (non-hydrogen) atoms. The molecule has 0 bridgehead atoms. The highest BCUT2D eigenvalue weighted by molar-refractivity contribution is 5.81. The van der Waals surface area contributed by atoms with Crippen molar-refractivity contribution < 1.29 is 4.39 Å². The van der Waals surface area contributed by atoms with Crippen molar-refractivity contribution in [3.63, 3.8) is 0 Å². The summed E-state index contributed by atoms with van der Waals surface area (Å²) in [5.41, 5.74) is 7.69. The van der Waals surface area contributed by atoms with Crippen LogP contribution in [0.4, 0.5) is 4.39 Å². The van der Waals surface area contributed by atoms with Gasteiger partial charge in [0, 0.05) is 30.7 Å². The van der Waals surface area contributed by atoms with Crippen molar-refractivity contribution in [3.8, 4) is 0 Å². The molecule has 1 aliphatic carbocycles. The lowest BCUT2D eigenvalue weighted by atomic mass is 10.1. The van der Waals surface area contributed by atoms with Crippen LogP contribution >= 0.6 is 0 Å². The average molecular weight is 273 g/mol. The number of nitrogens with two attached hydrogens (primary N) is 1. The Morgan fingerprint density at radius 3 is 2.95 bits per heavy atom. The maximum Gasteiger partial charge on any atom is 0.124 e. The molecule has 106 valence electrons. The van der Waals surface area contributed by atoms with Crippen molar-refractivity contribution in [2.24, 2.45) is 11.7 Å². The van der Waals surface area contributed by atoms with Gasteiger partial charge in [0.05, 0.1) is 5.52 Å². The van der Waals surface area contributed by atoms with Crippen LogP contribution in [-0.4, -0.2) is 29.5 Å². The zero-order valence-electron chi connectivity index (χ0n) is 11.7. The summed E-state index contributed by atoms with van der Waals surface area (Å²) in [5.74, 6) is 0.502. The van der Waals surface area contributed by atoms with Gasteiger partial charge in [0.15, 0.2) is 0 Å². The van der Waals surface area contributed by atoms with Crippen molar-refractivity contribution in [1.29, 1.82) is 0 Å². The van der Waals surface area contributed by atoms with Crippen molar-refractivity contribution in [3.05, 3.63) is 41.8 Å². The first kappa shape index (κ1) is 13.5. The molecule has 0 spiro atoms. The first-order valence-electron chi connectivity index (χ1n) is 7.12. The molecule has 1 fully saturated rings. The van der Waals surface area contributed by atoms with Gasteiger partial charge in [0.25, 0.3) is 0 Å². The van der Waals surface area contributed by atoms with E-state index in [2.05, 4.69) is 16.9 Å².